The number of piperidine rings is 1. The Hall–Kier alpha value is -3.12. The molecule has 6 heteroatoms. The van der Waals surface area contributed by atoms with Gasteiger partial charge in [-0.15, -0.1) is 11.3 Å². The fraction of sp³-hybridized carbons (Fsp3) is 0.280. The number of carbonyl (C=O) groups excluding carboxylic acids is 1. The molecule has 4 aromatic rings. The van der Waals surface area contributed by atoms with Gasteiger partial charge < -0.3 is 14.1 Å². The number of methoxy groups -OCH3 is 1. The predicted octanol–water partition coefficient (Wildman–Crippen LogP) is 5.89. The molecule has 0 radical (unpaired) electrons. The Bertz CT molecular complexity index is 1190. The van der Waals surface area contributed by atoms with Crippen LogP contribution in [-0.4, -0.2) is 36.0 Å². The third-order valence-electron chi connectivity index (χ3n) is 5.90. The zero-order chi connectivity index (χ0) is 21.4. The van der Waals surface area contributed by atoms with Crippen molar-refractivity contribution in [2.75, 3.05) is 20.2 Å². The van der Waals surface area contributed by atoms with Crippen LogP contribution in [0.25, 0.3) is 22.2 Å². The van der Waals surface area contributed by atoms with Gasteiger partial charge in [0.1, 0.15) is 11.3 Å². The van der Waals surface area contributed by atoms with Gasteiger partial charge in [0.25, 0.3) is 5.91 Å². The highest BCUT2D eigenvalue weighted by molar-refractivity contribution is 7.14. The van der Waals surface area contributed by atoms with E-state index < -0.39 is 0 Å². The molecule has 2 aromatic carbocycles. The van der Waals surface area contributed by atoms with E-state index in [1.807, 2.05) is 59.5 Å². The Kier molecular flexibility index (Phi) is 5.24. The SMILES string of the molecule is COc1ccc(-c2cc(C(=O)N3CCCC(c4nc5ccccc5o4)C3)sc2C)cc1. The van der Waals surface area contributed by atoms with Crippen molar-refractivity contribution >= 4 is 28.3 Å². The average molecular weight is 433 g/mol. The second-order valence-electron chi connectivity index (χ2n) is 7.92. The lowest BCUT2D eigenvalue weighted by molar-refractivity contribution is 0.0704. The van der Waals surface area contributed by atoms with E-state index >= 15 is 0 Å². The summed E-state index contributed by atoms with van der Waals surface area (Å²) >= 11 is 1.56. The van der Waals surface area contributed by atoms with Gasteiger partial charge in [0.2, 0.25) is 0 Å². The van der Waals surface area contributed by atoms with Crippen molar-refractivity contribution in [3.8, 4) is 16.9 Å². The number of aromatic nitrogens is 1. The number of thiophene rings is 1. The van der Waals surface area contributed by atoms with Crippen molar-refractivity contribution in [2.24, 2.45) is 0 Å². The second kappa shape index (κ2) is 8.19. The maximum absolute atomic E-state index is 13.3. The molecule has 0 bridgehead atoms. The van der Waals surface area contributed by atoms with E-state index in [4.69, 9.17) is 9.15 Å². The third kappa shape index (κ3) is 3.83. The Morgan fingerprint density at radius 1 is 1.19 bits per heavy atom. The Morgan fingerprint density at radius 2 is 2.00 bits per heavy atom. The summed E-state index contributed by atoms with van der Waals surface area (Å²) in [5, 5.41) is 0. The van der Waals surface area contributed by atoms with Gasteiger partial charge in [-0.2, -0.15) is 0 Å². The molecule has 1 aliphatic heterocycles. The molecule has 3 heterocycles. The van der Waals surface area contributed by atoms with Crippen LogP contribution in [-0.2, 0) is 0 Å². The van der Waals surface area contributed by atoms with E-state index in [0.717, 1.165) is 63.0 Å². The van der Waals surface area contributed by atoms with Gasteiger partial charge in [-0.05, 0) is 61.2 Å². The first-order chi connectivity index (χ1) is 15.1. The van der Waals surface area contributed by atoms with Gasteiger partial charge in [0.05, 0.1) is 17.9 Å². The minimum Gasteiger partial charge on any atom is -0.497 e. The molecule has 1 aliphatic rings. The summed E-state index contributed by atoms with van der Waals surface area (Å²) in [4.78, 5) is 21.8. The summed E-state index contributed by atoms with van der Waals surface area (Å²) in [6.07, 6.45) is 1.93. The van der Waals surface area contributed by atoms with E-state index in [9.17, 15) is 4.79 Å². The van der Waals surface area contributed by atoms with Crippen molar-refractivity contribution in [3.63, 3.8) is 0 Å². The number of oxazole rings is 1. The van der Waals surface area contributed by atoms with Crippen LogP contribution in [0.15, 0.2) is 59.0 Å². The average Bonchev–Trinajstić information content (AvgIpc) is 3.42. The topological polar surface area (TPSA) is 55.6 Å². The number of fused-ring (bicyclic) bond motifs is 1. The largest absolute Gasteiger partial charge is 0.497 e. The summed E-state index contributed by atoms with van der Waals surface area (Å²) in [6.45, 7) is 3.48. The van der Waals surface area contributed by atoms with E-state index in [0.29, 0.717) is 6.54 Å². The van der Waals surface area contributed by atoms with Gasteiger partial charge in [-0.3, -0.25) is 4.79 Å². The number of rotatable bonds is 4. The minimum atomic E-state index is 0.0914. The number of hydrogen-bond acceptors (Lipinski definition) is 5. The molecule has 1 atom stereocenters. The number of ether oxygens (including phenoxy) is 1. The molecule has 0 spiro atoms. The minimum absolute atomic E-state index is 0.0914. The zero-order valence-corrected chi connectivity index (χ0v) is 18.4. The molecule has 0 N–H and O–H groups in total. The highest BCUT2D eigenvalue weighted by atomic mass is 32.1. The first kappa shape index (κ1) is 19.8. The van der Waals surface area contributed by atoms with E-state index in [1.54, 1.807) is 18.4 Å². The van der Waals surface area contributed by atoms with Gasteiger partial charge in [0.15, 0.2) is 11.5 Å². The molecule has 1 fully saturated rings. The summed E-state index contributed by atoms with van der Waals surface area (Å²) in [5.74, 6) is 1.78. The molecule has 158 valence electrons. The summed E-state index contributed by atoms with van der Waals surface area (Å²) in [5.41, 5.74) is 3.87. The Labute approximate surface area is 185 Å². The summed E-state index contributed by atoms with van der Waals surface area (Å²) in [7, 11) is 1.66. The number of carbonyl (C=O) groups is 1. The van der Waals surface area contributed by atoms with Crippen molar-refractivity contribution in [1.29, 1.82) is 0 Å². The van der Waals surface area contributed by atoms with Crippen LogP contribution in [0, 0.1) is 6.92 Å². The van der Waals surface area contributed by atoms with E-state index in [-0.39, 0.29) is 11.8 Å². The van der Waals surface area contributed by atoms with Gasteiger partial charge >= 0.3 is 0 Å². The number of nitrogens with zero attached hydrogens (tertiary/aromatic N) is 2. The molecule has 0 aliphatic carbocycles. The lowest BCUT2D eigenvalue weighted by atomic mass is 9.97. The fourth-order valence-electron chi connectivity index (χ4n) is 4.23. The van der Waals surface area contributed by atoms with Crippen molar-refractivity contribution in [1.82, 2.24) is 9.88 Å². The highest BCUT2D eigenvalue weighted by Crippen LogP contribution is 2.34. The number of benzene rings is 2. The molecule has 1 saturated heterocycles. The fourth-order valence-corrected chi connectivity index (χ4v) is 5.24. The monoisotopic (exact) mass is 432 g/mol. The lowest BCUT2D eigenvalue weighted by Gasteiger charge is -2.31. The Balaban J connectivity index is 1.35. The molecule has 1 unspecified atom stereocenters. The van der Waals surface area contributed by atoms with Gasteiger partial charge in [0, 0.05) is 18.0 Å². The highest BCUT2D eigenvalue weighted by Gasteiger charge is 2.29. The lowest BCUT2D eigenvalue weighted by Crippen LogP contribution is -2.38. The quantitative estimate of drug-likeness (QED) is 0.403. The van der Waals surface area contributed by atoms with Crippen LogP contribution in [0.4, 0.5) is 0 Å². The number of para-hydroxylation sites is 2. The van der Waals surface area contributed by atoms with Gasteiger partial charge in [-0.1, -0.05) is 24.3 Å². The van der Waals surface area contributed by atoms with Crippen LogP contribution in [0.5, 0.6) is 5.75 Å². The smallest absolute Gasteiger partial charge is 0.263 e. The molecular weight excluding hydrogens is 408 g/mol. The van der Waals surface area contributed by atoms with E-state index in [2.05, 4.69) is 11.9 Å². The first-order valence-corrected chi connectivity index (χ1v) is 11.3. The van der Waals surface area contributed by atoms with Crippen LogP contribution in [0.2, 0.25) is 0 Å². The molecule has 1 amide bonds. The number of amides is 1. The summed E-state index contributed by atoms with van der Waals surface area (Å²) < 4.78 is 11.2. The van der Waals surface area contributed by atoms with Gasteiger partial charge in [-0.25, -0.2) is 4.98 Å². The molecule has 5 nitrogen and oxygen atoms in total. The molecular formula is C25H24N2O3S. The van der Waals surface area contributed by atoms with Crippen molar-refractivity contribution in [3.05, 3.63) is 70.2 Å². The van der Waals surface area contributed by atoms with Crippen LogP contribution < -0.4 is 4.74 Å². The number of likely N-dealkylation sites (tertiary alicyclic amines) is 1. The van der Waals surface area contributed by atoms with Crippen LogP contribution in [0.1, 0.15) is 39.2 Å². The van der Waals surface area contributed by atoms with E-state index in [1.165, 1.54) is 0 Å². The maximum atomic E-state index is 13.3. The van der Waals surface area contributed by atoms with Crippen molar-refractivity contribution < 1.29 is 13.9 Å². The first-order valence-electron chi connectivity index (χ1n) is 10.5. The predicted molar refractivity (Wildman–Crippen MR) is 123 cm³/mol. The Morgan fingerprint density at radius 3 is 2.77 bits per heavy atom. The standard InChI is InChI=1S/C25H24N2O3S/c1-16-20(17-9-11-19(29-2)12-10-17)14-23(31-16)25(28)27-13-5-6-18(15-27)24-26-21-7-3-4-8-22(21)30-24/h3-4,7-12,14,18H,5-6,13,15H2,1-2H3. The van der Waals surface area contributed by atoms with Crippen LogP contribution >= 0.6 is 11.3 Å². The molecule has 5 rings (SSSR count). The number of hydrogen-bond donors (Lipinski definition) is 0. The summed E-state index contributed by atoms with van der Waals surface area (Å²) in [6, 6.07) is 17.8. The number of aryl methyl sites for hydroxylation is 1. The third-order valence-corrected chi connectivity index (χ3v) is 6.94. The second-order valence-corrected chi connectivity index (χ2v) is 9.18. The maximum Gasteiger partial charge on any atom is 0.263 e. The zero-order valence-electron chi connectivity index (χ0n) is 17.6. The molecule has 2 aromatic heterocycles. The normalized spacial score (nSPS) is 16.6. The molecule has 0 saturated carbocycles. The van der Waals surface area contributed by atoms with Crippen LogP contribution in [0.3, 0.4) is 0 Å². The van der Waals surface area contributed by atoms with Crippen molar-refractivity contribution in [2.45, 2.75) is 25.7 Å². The molecule has 31 heavy (non-hydrogen) atoms.